The van der Waals surface area contributed by atoms with E-state index in [9.17, 15) is 4.79 Å². The third kappa shape index (κ3) is 5.44. The largest absolute Gasteiger partial charge is 0.355 e. The van der Waals surface area contributed by atoms with Crippen LogP contribution >= 0.6 is 0 Å². The Morgan fingerprint density at radius 3 is 2.82 bits per heavy atom. The number of carbonyl (C=O) groups excluding carboxylic acids is 1. The second-order valence-corrected chi connectivity index (χ2v) is 3.93. The van der Waals surface area contributed by atoms with E-state index in [4.69, 9.17) is 0 Å². The Labute approximate surface area is 102 Å². The van der Waals surface area contributed by atoms with Gasteiger partial charge in [0.05, 0.1) is 11.9 Å². The lowest BCUT2D eigenvalue weighted by Crippen LogP contribution is -2.28. The van der Waals surface area contributed by atoms with E-state index in [0.29, 0.717) is 13.1 Å². The summed E-state index contributed by atoms with van der Waals surface area (Å²) in [5.74, 6) is -0.0233. The standard InChI is InChI=1S/C11H21N5O/c1-3-5-12-7-10-8-16(15-14-10)9-11(17)13-6-4-2/h8,12H,3-7,9H2,1-2H3,(H,13,17). The monoisotopic (exact) mass is 239 g/mol. The van der Waals surface area contributed by atoms with Gasteiger partial charge in [0.25, 0.3) is 0 Å². The first kappa shape index (κ1) is 13.6. The van der Waals surface area contributed by atoms with Gasteiger partial charge in [-0.2, -0.15) is 0 Å². The van der Waals surface area contributed by atoms with Crippen LogP contribution < -0.4 is 10.6 Å². The number of nitrogens with zero attached hydrogens (tertiary/aromatic N) is 3. The number of aromatic nitrogens is 3. The van der Waals surface area contributed by atoms with Crippen molar-refractivity contribution in [3.8, 4) is 0 Å². The molecule has 0 unspecified atom stereocenters. The van der Waals surface area contributed by atoms with Crippen LogP contribution in [0, 0.1) is 0 Å². The highest BCUT2D eigenvalue weighted by Gasteiger charge is 2.04. The van der Waals surface area contributed by atoms with Crippen LogP contribution in [0.25, 0.3) is 0 Å². The van der Waals surface area contributed by atoms with Gasteiger partial charge in [0, 0.05) is 13.1 Å². The van der Waals surface area contributed by atoms with Crippen LogP contribution in [0.3, 0.4) is 0 Å². The number of rotatable bonds is 8. The summed E-state index contributed by atoms with van der Waals surface area (Å²) in [4.78, 5) is 11.4. The summed E-state index contributed by atoms with van der Waals surface area (Å²) in [6, 6.07) is 0. The molecule has 0 fully saturated rings. The van der Waals surface area contributed by atoms with Crippen molar-refractivity contribution in [3.63, 3.8) is 0 Å². The van der Waals surface area contributed by atoms with Gasteiger partial charge >= 0.3 is 0 Å². The number of amides is 1. The third-order valence-corrected chi connectivity index (χ3v) is 2.20. The Morgan fingerprint density at radius 2 is 2.12 bits per heavy atom. The smallest absolute Gasteiger partial charge is 0.241 e. The Hall–Kier alpha value is -1.43. The van der Waals surface area contributed by atoms with E-state index in [0.717, 1.165) is 25.1 Å². The molecule has 0 bridgehead atoms. The molecule has 0 aliphatic carbocycles. The molecule has 0 atom stereocenters. The second kappa shape index (κ2) is 7.78. The van der Waals surface area contributed by atoms with Crippen LogP contribution in [0.2, 0.25) is 0 Å². The molecule has 1 amide bonds. The molecule has 0 radical (unpaired) electrons. The molecule has 1 rings (SSSR count). The summed E-state index contributed by atoms with van der Waals surface area (Å²) < 4.78 is 1.56. The van der Waals surface area contributed by atoms with Crippen molar-refractivity contribution in [2.75, 3.05) is 13.1 Å². The average Bonchev–Trinajstić information content (AvgIpc) is 2.74. The first-order chi connectivity index (χ1) is 8.26. The highest BCUT2D eigenvalue weighted by molar-refractivity contribution is 5.75. The Kier molecular flexibility index (Phi) is 6.24. The molecule has 0 aliphatic rings. The molecule has 1 aromatic rings. The van der Waals surface area contributed by atoms with Crippen molar-refractivity contribution in [1.82, 2.24) is 25.6 Å². The molecule has 17 heavy (non-hydrogen) atoms. The molecule has 0 aromatic carbocycles. The fraction of sp³-hybridized carbons (Fsp3) is 0.727. The van der Waals surface area contributed by atoms with Crippen LogP contribution in [-0.2, 0) is 17.9 Å². The fourth-order valence-electron chi connectivity index (χ4n) is 1.36. The Balaban J connectivity index is 2.32. The Morgan fingerprint density at radius 1 is 1.35 bits per heavy atom. The topological polar surface area (TPSA) is 71.8 Å². The summed E-state index contributed by atoms with van der Waals surface area (Å²) in [6.45, 7) is 6.74. The fourth-order valence-corrected chi connectivity index (χ4v) is 1.36. The normalized spacial score (nSPS) is 10.5. The molecule has 0 spiro atoms. The lowest BCUT2D eigenvalue weighted by Gasteiger charge is -2.02. The highest BCUT2D eigenvalue weighted by atomic mass is 16.2. The Bertz CT molecular complexity index is 336. The summed E-state index contributed by atoms with van der Waals surface area (Å²) in [5, 5.41) is 13.9. The van der Waals surface area contributed by atoms with E-state index < -0.39 is 0 Å². The van der Waals surface area contributed by atoms with Gasteiger partial charge in [0.15, 0.2) is 0 Å². The van der Waals surface area contributed by atoms with E-state index in [1.54, 1.807) is 10.9 Å². The van der Waals surface area contributed by atoms with Crippen LogP contribution in [0.5, 0.6) is 0 Å². The number of nitrogens with one attached hydrogen (secondary N) is 2. The summed E-state index contributed by atoms with van der Waals surface area (Å²) in [7, 11) is 0. The predicted molar refractivity (Wildman–Crippen MR) is 65.3 cm³/mol. The number of hydrogen-bond donors (Lipinski definition) is 2. The van der Waals surface area contributed by atoms with Crippen molar-refractivity contribution in [3.05, 3.63) is 11.9 Å². The van der Waals surface area contributed by atoms with Gasteiger partial charge in [-0.05, 0) is 19.4 Å². The SMILES string of the molecule is CCCNCc1cn(CC(=O)NCCC)nn1. The van der Waals surface area contributed by atoms with Gasteiger partial charge in [0.2, 0.25) is 5.91 Å². The first-order valence-electron chi connectivity index (χ1n) is 6.12. The quantitative estimate of drug-likeness (QED) is 0.640. The number of carbonyl (C=O) groups is 1. The first-order valence-corrected chi connectivity index (χ1v) is 6.12. The summed E-state index contributed by atoms with van der Waals surface area (Å²) in [6.07, 6.45) is 3.83. The van der Waals surface area contributed by atoms with Gasteiger partial charge in [0.1, 0.15) is 6.54 Å². The molecule has 6 heteroatoms. The molecule has 0 saturated carbocycles. The molecule has 2 N–H and O–H groups in total. The van der Waals surface area contributed by atoms with E-state index in [-0.39, 0.29) is 12.5 Å². The summed E-state index contributed by atoms with van der Waals surface area (Å²) in [5.41, 5.74) is 0.863. The molecular weight excluding hydrogens is 218 g/mol. The maximum atomic E-state index is 11.4. The zero-order chi connectivity index (χ0) is 12.5. The highest BCUT2D eigenvalue weighted by Crippen LogP contribution is 1.92. The molecule has 96 valence electrons. The minimum atomic E-state index is -0.0233. The predicted octanol–water partition coefficient (Wildman–Crippen LogP) is 0.304. The molecule has 0 saturated heterocycles. The zero-order valence-electron chi connectivity index (χ0n) is 10.6. The van der Waals surface area contributed by atoms with Gasteiger partial charge in [-0.15, -0.1) is 5.10 Å². The van der Waals surface area contributed by atoms with Crippen molar-refractivity contribution in [2.45, 2.75) is 39.8 Å². The number of hydrogen-bond acceptors (Lipinski definition) is 4. The van der Waals surface area contributed by atoms with Crippen LogP contribution in [-0.4, -0.2) is 34.0 Å². The minimum Gasteiger partial charge on any atom is -0.355 e. The molecule has 1 aromatic heterocycles. The van der Waals surface area contributed by atoms with E-state index in [1.807, 2.05) is 6.92 Å². The lowest BCUT2D eigenvalue weighted by molar-refractivity contribution is -0.121. The van der Waals surface area contributed by atoms with Crippen LogP contribution in [0.4, 0.5) is 0 Å². The third-order valence-electron chi connectivity index (χ3n) is 2.20. The van der Waals surface area contributed by atoms with Gasteiger partial charge < -0.3 is 10.6 Å². The van der Waals surface area contributed by atoms with Crippen molar-refractivity contribution in [1.29, 1.82) is 0 Å². The molecule has 0 aliphatic heterocycles. The van der Waals surface area contributed by atoms with Crippen LogP contribution in [0.15, 0.2) is 6.20 Å². The van der Waals surface area contributed by atoms with E-state index in [2.05, 4.69) is 27.9 Å². The minimum absolute atomic E-state index is 0.0233. The van der Waals surface area contributed by atoms with Gasteiger partial charge in [-0.3, -0.25) is 4.79 Å². The van der Waals surface area contributed by atoms with E-state index >= 15 is 0 Å². The zero-order valence-corrected chi connectivity index (χ0v) is 10.6. The molecular formula is C11H21N5O. The van der Waals surface area contributed by atoms with Crippen molar-refractivity contribution < 1.29 is 4.79 Å². The summed E-state index contributed by atoms with van der Waals surface area (Å²) >= 11 is 0. The maximum absolute atomic E-state index is 11.4. The lowest BCUT2D eigenvalue weighted by atomic mass is 10.4. The van der Waals surface area contributed by atoms with Crippen LogP contribution in [0.1, 0.15) is 32.4 Å². The second-order valence-electron chi connectivity index (χ2n) is 3.93. The van der Waals surface area contributed by atoms with E-state index in [1.165, 1.54) is 0 Å². The van der Waals surface area contributed by atoms with Crippen molar-refractivity contribution >= 4 is 5.91 Å². The molecule has 1 heterocycles. The van der Waals surface area contributed by atoms with Gasteiger partial charge in [-0.25, -0.2) is 4.68 Å². The maximum Gasteiger partial charge on any atom is 0.241 e. The average molecular weight is 239 g/mol. The van der Waals surface area contributed by atoms with Gasteiger partial charge in [-0.1, -0.05) is 19.1 Å². The van der Waals surface area contributed by atoms with Crippen molar-refractivity contribution in [2.24, 2.45) is 0 Å². The molecule has 6 nitrogen and oxygen atoms in total.